The summed E-state index contributed by atoms with van der Waals surface area (Å²) in [6, 6.07) is 19.7. The van der Waals surface area contributed by atoms with E-state index in [-0.39, 0.29) is 5.91 Å². The third kappa shape index (κ3) is 3.48. The van der Waals surface area contributed by atoms with Gasteiger partial charge in [0.15, 0.2) is 5.69 Å². The molecule has 1 aliphatic rings. The van der Waals surface area contributed by atoms with E-state index in [1.807, 2.05) is 65.6 Å². The molecule has 1 amide bonds. The second-order valence-electron chi connectivity index (χ2n) is 6.63. The van der Waals surface area contributed by atoms with E-state index in [1.54, 1.807) is 4.68 Å². The summed E-state index contributed by atoms with van der Waals surface area (Å²) in [4.78, 5) is 17.5. The number of rotatable bonds is 4. The topological polar surface area (TPSA) is 54.3 Å². The molecule has 138 valence electrons. The maximum Gasteiger partial charge on any atom is 0.276 e. The molecule has 0 N–H and O–H groups in total. The van der Waals surface area contributed by atoms with Crippen molar-refractivity contribution in [3.63, 3.8) is 0 Å². The summed E-state index contributed by atoms with van der Waals surface area (Å²) in [7, 11) is 0. The molecule has 2 aromatic carbocycles. The maximum absolute atomic E-state index is 13.2. The highest BCUT2D eigenvalue weighted by Gasteiger charge is 2.28. The summed E-state index contributed by atoms with van der Waals surface area (Å²) in [5, 5.41) is 8.61. The van der Waals surface area contributed by atoms with Crippen LogP contribution in [0.5, 0.6) is 0 Å². The minimum atomic E-state index is -0.0493. The van der Waals surface area contributed by atoms with Gasteiger partial charge in [0.1, 0.15) is 5.69 Å². The van der Waals surface area contributed by atoms with Crippen LogP contribution in [0, 0.1) is 0 Å². The largest absolute Gasteiger partial charge is 0.335 e. The standard InChI is InChI=1S/C21H23N5O/c1-2-24-13-15-25(16-14-24)21(27)19-20(17-9-5-3-6-10-17)26(23-22-19)18-11-7-4-8-12-18/h3-12H,2,13-16H2,1H3. The fourth-order valence-corrected chi connectivity index (χ4v) is 3.45. The van der Waals surface area contributed by atoms with Crippen molar-refractivity contribution >= 4 is 5.91 Å². The van der Waals surface area contributed by atoms with E-state index in [4.69, 9.17) is 0 Å². The fraction of sp³-hybridized carbons (Fsp3) is 0.286. The molecule has 6 nitrogen and oxygen atoms in total. The van der Waals surface area contributed by atoms with Crippen LogP contribution in [0.15, 0.2) is 60.7 Å². The summed E-state index contributed by atoms with van der Waals surface area (Å²) in [6.45, 7) is 6.40. The summed E-state index contributed by atoms with van der Waals surface area (Å²) in [5.41, 5.74) is 2.97. The van der Waals surface area contributed by atoms with Gasteiger partial charge in [0.25, 0.3) is 5.91 Å². The zero-order valence-electron chi connectivity index (χ0n) is 15.5. The van der Waals surface area contributed by atoms with Gasteiger partial charge in [-0.05, 0) is 18.7 Å². The van der Waals surface area contributed by atoms with Crippen molar-refractivity contribution in [2.24, 2.45) is 0 Å². The van der Waals surface area contributed by atoms with Crippen LogP contribution in [-0.2, 0) is 0 Å². The third-order valence-electron chi connectivity index (χ3n) is 5.03. The molecule has 1 fully saturated rings. The van der Waals surface area contributed by atoms with E-state index in [9.17, 15) is 4.79 Å². The molecule has 0 atom stereocenters. The number of likely N-dealkylation sites (N-methyl/N-ethyl adjacent to an activating group) is 1. The number of aromatic nitrogens is 3. The van der Waals surface area contributed by atoms with Crippen molar-refractivity contribution < 1.29 is 4.79 Å². The van der Waals surface area contributed by atoms with E-state index in [0.717, 1.165) is 49.7 Å². The predicted molar refractivity (Wildman–Crippen MR) is 105 cm³/mol. The van der Waals surface area contributed by atoms with Crippen LogP contribution < -0.4 is 0 Å². The van der Waals surface area contributed by atoms with Crippen LogP contribution in [0.3, 0.4) is 0 Å². The molecule has 3 aromatic rings. The van der Waals surface area contributed by atoms with Crippen molar-refractivity contribution in [2.45, 2.75) is 6.92 Å². The maximum atomic E-state index is 13.2. The number of carbonyl (C=O) groups excluding carboxylic acids is 1. The number of benzene rings is 2. The Hall–Kier alpha value is -2.99. The fourth-order valence-electron chi connectivity index (χ4n) is 3.45. The first-order valence-corrected chi connectivity index (χ1v) is 9.36. The van der Waals surface area contributed by atoms with Crippen LogP contribution in [0.1, 0.15) is 17.4 Å². The normalized spacial score (nSPS) is 15.1. The second-order valence-corrected chi connectivity index (χ2v) is 6.63. The van der Waals surface area contributed by atoms with Crippen molar-refractivity contribution in [2.75, 3.05) is 32.7 Å². The van der Waals surface area contributed by atoms with Gasteiger partial charge < -0.3 is 9.80 Å². The highest BCUT2D eigenvalue weighted by molar-refractivity contribution is 5.98. The molecule has 1 aromatic heterocycles. The van der Waals surface area contributed by atoms with Gasteiger partial charge in [0.05, 0.1) is 5.69 Å². The predicted octanol–water partition coefficient (Wildman–Crippen LogP) is 2.71. The molecule has 27 heavy (non-hydrogen) atoms. The Bertz CT molecular complexity index is 899. The molecule has 4 rings (SSSR count). The zero-order valence-corrected chi connectivity index (χ0v) is 15.5. The van der Waals surface area contributed by atoms with Crippen LogP contribution in [0.4, 0.5) is 0 Å². The van der Waals surface area contributed by atoms with Gasteiger partial charge in [-0.25, -0.2) is 4.68 Å². The average molecular weight is 361 g/mol. The van der Waals surface area contributed by atoms with E-state index in [2.05, 4.69) is 22.1 Å². The number of hydrogen-bond acceptors (Lipinski definition) is 4. The van der Waals surface area contributed by atoms with Gasteiger partial charge in [0, 0.05) is 31.7 Å². The summed E-state index contributed by atoms with van der Waals surface area (Å²) in [5.74, 6) is -0.0493. The van der Waals surface area contributed by atoms with Gasteiger partial charge in [-0.1, -0.05) is 60.7 Å². The summed E-state index contributed by atoms with van der Waals surface area (Å²) < 4.78 is 1.75. The lowest BCUT2D eigenvalue weighted by Gasteiger charge is -2.33. The lowest BCUT2D eigenvalue weighted by atomic mass is 10.1. The minimum absolute atomic E-state index is 0.0493. The molecular formula is C21H23N5O. The Labute approximate surface area is 159 Å². The Balaban J connectivity index is 1.73. The number of para-hydroxylation sites is 1. The molecule has 1 saturated heterocycles. The van der Waals surface area contributed by atoms with Crippen LogP contribution >= 0.6 is 0 Å². The average Bonchev–Trinajstić information content (AvgIpc) is 3.19. The highest BCUT2D eigenvalue weighted by atomic mass is 16.2. The molecule has 0 bridgehead atoms. The lowest BCUT2D eigenvalue weighted by molar-refractivity contribution is 0.0638. The van der Waals surface area contributed by atoms with E-state index >= 15 is 0 Å². The number of piperazine rings is 1. The Kier molecular flexibility index (Phi) is 4.98. The third-order valence-corrected chi connectivity index (χ3v) is 5.03. The van der Waals surface area contributed by atoms with E-state index in [0.29, 0.717) is 5.69 Å². The van der Waals surface area contributed by atoms with Gasteiger partial charge in [-0.3, -0.25) is 4.79 Å². The smallest absolute Gasteiger partial charge is 0.276 e. The molecule has 2 heterocycles. The van der Waals surface area contributed by atoms with Crippen LogP contribution in [-0.4, -0.2) is 63.4 Å². The molecule has 0 radical (unpaired) electrons. The quantitative estimate of drug-likeness (QED) is 0.717. The van der Waals surface area contributed by atoms with Gasteiger partial charge in [0.2, 0.25) is 0 Å². The molecule has 1 aliphatic heterocycles. The van der Waals surface area contributed by atoms with E-state index < -0.39 is 0 Å². The highest BCUT2D eigenvalue weighted by Crippen LogP contribution is 2.26. The molecular weight excluding hydrogens is 338 g/mol. The summed E-state index contributed by atoms with van der Waals surface area (Å²) >= 11 is 0. The lowest BCUT2D eigenvalue weighted by Crippen LogP contribution is -2.48. The number of nitrogens with zero attached hydrogens (tertiary/aromatic N) is 5. The van der Waals surface area contributed by atoms with Gasteiger partial charge in [-0.2, -0.15) is 0 Å². The first-order chi connectivity index (χ1) is 13.3. The molecule has 0 aliphatic carbocycles. The first kappa shape index (κ1) is 17.4. The van der Waals surface area contributed by atoms with Crippen molar-refractivity contribution in [1.29, 1.82) is 0 Å². The SMILES string of the molecule is CCN1CCN(C(=O)c2nnn(-c3ccccc3)c2-c2ccccc2)CC1. The minimum Gasteiger partial charge on any atom is -0.335 e. The molecule has 6 heteroatoms. The Morgan fingerprint density at radius 1 is 0.926 bits per heavy atom. The van der Waals surface area contributed by atoms with Gasteiger partial charge in [-0.15, -0.1) is 5.10 Å². The molecule has 0 unspecified atom stereocenters. The van der Waals surface area contributed by atoms with Gasteiger partial charge >= 0.3 is 0 Å². The first-order valence-electron chi connectivity index (χ1n) is 9.36. The Morgan fingerprint density at radius 2 is 1.56 bits per heavy atom. The number of carbonyl (C=O) groups is 1. The van der Waals surface area contributed by atoms with Crippen molar-refractivity contribution in [3.8, 4) is 16.9 Å². The number of hydrogen-bond donors (Lipinski definition) is 0. The van der Waals surface area contributed by atoms with Crippen molar-refractivity contribution in [3.05, 3.63) is 66.4 Å². The van der Waals surface area contributed by atoms with E-state index in [1.165, 1.54) is 0 Å². The molecule has 0 saturated carbocycles. The number of amides is 1. The second kappa shape index (κ2) is 7.72. The molecule has 0 spiro atoms. The monoisotopic (exact) mass is 361 g/mol. The van der Waals surface area contributed by atoms with Crippen LogP contribution in [0.25, 0.3) is 16.9 Å². The summed E-state index contributed by atoms with van der Waals surface area (Å²) in [6.07, 6.45) is 0. The van der Waals surface area contributed by atoms with Crippen LogP contribution in [0.2, 0.25) is 0 Å². The van der Waals surface area contributed by atoms with Crippen molar-refractivity contribution in [1.82, 2.24) is 24.8 Å². The zero-order chi connectivity index (χ0) is 18.6. The Morgan fingerprint density at radius 3 is 2.19 bits per heavy atom.